The van der Waals surface area contributed by atoms with Crippen LogP contribution in [0.2, 0.25) is 0 Å². The average Bonchev–Trinajstić information content (AvgIpc) is 3.20. The molecule has 3 aromatic rings. The van der Waals surface area contributed by atoms with Crippen LogP contribution < -0.4 is 10.2 Å². The van der Waals surface area contributed by atoms with Gasteiger partial charge in [0.05, 0.1) is 5.69 Å². The third-order valence-electron chi connectivity index (χ3n) is 4.57. The summed E-state index contributed by atoms with van der Waals surface area (Å²) in [7, 11) is 0. The minimum atomic E-state index is -4.91. The fraction of sp³-hybridized carbons (Fsp3) is 0.300. The highest BCUT2D eigenvalue weighted by atomic mass is 19.4. The van der Waals surface area contributed by atoms with Gasteiger partial charge in [0.25, 0.3) is 5.91 Å². The first-order chi connectivity index (χ1) is 14.7. The van der Waals surface area contributed by atoms with Gasteiger partial charge in [0.2, 0.25) is 0 Å². The molecule has 0 saturated carbocycles. The number of rotatable bonds is 7. The van der Waals surface area contributed by atoms with E-state index in [1.54, 1.807) is 18.3 Å². The van der Waals surface area contributed by atoms with Crippen molar-refractivity contribution >= 4 is 11.7 Å². The lowest BCUT2D eigenvalue weighted by atomic mass is 10.2. The van der Waals surface area contributed by atoms with Crippen molar-refractivity contribution in [3.8, 4) is 5.69 Å². The van der Waals surface area contributed by atoms with Crippen LogP contribution in [0.5, 0.6) is 0 Å². The molecular weight excluding hydrogens is 416 g/mol. The number of nitrogens with one attached hydrogen (secondary N) is 1. The van der Waals surface area contributed by atoms with E-state index < -0.39 is 29.3 Å². The second-order valence-electron chi connectivity index (χ2n) is 6.55. The summed E-state index contributed by atoms with van der Waals surface area (Å²) in [5.41, 5.74) is -1.67. The highest BCUT2D eigenvalue weighted by Gasteiger charge is 2.42. The number of pyridine rings is 1. The molecule has 0 bridgehead atoms. The molecule has 11 heteroatoms. The molecule has 0 fully saturated rings. The number of carbonyl (C=O) groups excluding carboxylic acids is 1. The number of hydrogen-bond acceptors (Lipinski definition) is 5. The molecule has 3 rings (SSSR count). The first-order valence-corrected chi connectivity index (χ1v) is 9.51. The molecule has 0 radical (unpaired) electrons. The number of benzene rings is 1. The second-order valence-corrected chi connectivity index (χ2v) is 6.55. The molecule has 0 aliphatic rings. The van der Waals surface area contributed by atoms with Gasteiger partial charge in [-0.05, 0) is 49.7 Å². The summed E-state index contributed by atoms with van der Waals surface area (Å²) in [5, 5.41) is 9.28. The Morgan fingerprint density at radius 3 is 2.32 bits per heavy atom. The van der Waals surface area contributed by atoms with Crippen molar-refractivity contribution in [2.45, 2.75) is 26.6 Å². The molecule has 0 unspecified atom stereocenters. The van der Waals surface area contributed by atoms with Crippen molar-refractivity contribution in [3.63, 3.8) is 0 Å². The first-order valence-electron chi connectivity index (χ1n) is 9.51. The van der Waals surface area contributed by atoms with Crippen LogP contribution in [0.25, 0.3) is 5.69 Å². The first kappa shape index (κ1) is 22.2. The lowest BCUT2D eigenvalue weighted by Gasteiger charge is -2.19. The lowest BCUT2D eigenvalue weighted by molar-refractivity contribution is -0.143. The Bertz CT molecular complexity index is 1030. The van der Waals surface area contributed by atoms with E-state index in [-0.39, 0.29) is 12.2 Å². The smallest absolute Gasteiger partial charge is 0.357 e. The molecule has 31 heavy (non-hydrogen) atoms. The molecule has 0 atom stereocenters. The van der Waals surface area contributed by atoms with E-state index in [0.29, 0.717) is 10.2 Å². The van der Waals surface area contributed by atoms with Gasteiger partial charge in [0.1, 0.15) is 11.6 Å². The predicted molar refractivity (Wildman–Crippen MR) is 105 cm³/mol. The number of amides is 1. The quantitative estimate of drug-likeness (QED) is 0.573. The highest BCUT2D eigenvalue weighted by molar-refractivity contribution is 5.93. The van der Waals surface area contributed by atoms with Crippen molar-refractivity contribution < 1.29 is 22.4 Å². The number of hydrogen-bond donors (Lipinski definition) is 1. The van der Waals surface area contributed by atoms with E-state index in [1.165, 1.54) is 0 Å². The second kappa shape index (κ2) is 9.11. The van der Waals surface area contributed by atoms with Crippen molar-refractivity contribution in [1.82, 2.24) is 25.3 Å². The molecule has 0 aliphatic heterocycles. The Morgan fingerprint density at radius 1 is 1.10 bits per heavy atom. The van der Waals surface area contributed by atoms with Gasteiger partial charge in [-0.15, -0.1) is 5.10 Å². The number of aromatic nitrogens is 4. The van der Waals surface area contributed by atoms with Gasteiger partial charge in [-0.25, -0.2) is 14.1 Å². The number of carbonyl (C=O) groups is 1. The van der Waals surface area contributed by atoms with Gasteiger partial charge in [0, 0.05) is 25.8 Å². The SMILES string of the molecule is CCN(CC)c1ccc(CNC(=O)c2nnn(-c3ccc(F)cc3)c2C(F)(F)F)cn1. The third-order valence-corrected chi connectivity index (χ3v) is 4.57. The zero-order valence-corrected chi connectivity index (χ0v) is 16.8. The molecular formula is C20H20F4N6O. The van der Waals surface area contributed by atoms with Crippen LogP contribution in [-0.2, 0) is 12.7 Å². The van der Waals surface area contributed by atoms with Gasteiger partial charge in [0.15, 0.2) is 11.4 Å². The Balaban J connectivity index is 1.79. The van der Waals surface area contributed by atoms with Gasteiger partial charge in [-0.3, -0.25) is 4.79 Å². The van der Waals surface area contributed by atoms with E-state index in [1.807, 2.05) is 18.7 Å². The Kier molecular flexibility index (Phi) is 6.52. The van der Waals surface area contributed by atoms with E-state index in [2.05, 4.69) is 20.6 Å². The van der Waals surface area contributed by atoms with Crippen LogP contribution in [0.3, 0.4) is 0 Å². The summed E-state index contributed by atoms with van der Waals surface area (Å²) in [6.45, 7) is 5.52. The minimum Gasteiger partial charge on any atom is -0.357 e. The maximum atomic E-state index is 13.6. The summed E-state index contributed by atoms with van der Waals surface area (Å²) in [6, 6.07) is 7.73. The maximum absolute atomic E-state index is 13.6. The molecule has 1 N–H and O–H groups in total. The van der Waals surface area contributed by atoms with Gasteiger partial charge < -0.3 is 10.2 Å². The molecule has 0 aliphatic carbocycles. The van der Waals surface area contributed by atoms with Crippen molar-refractivity contribution in [2.75, 3.05) is 18.0 Å². The van der Waals surface area contributed by atoms with E-state index in [9.17, 15) is 22.4 Å². The normalized spacial score (nSPS) is 11.4. The van der Waals surface area contributed by atoms with E-state index in [4.69, 9.17) is 0 Å². The summed E-state index contributed by atoms with van der Waals surface area (Å²) in [6.07, 6.45) is -3.36. The predicted octanol–water partition coefficient (Wildman–Crippen LogP) is 3.60. The molecule has 1 aromatic carbocycles. The zero-order valence-electron chi connectivity index (χ0n) is 16.8. The Labute approximate surface area is 175 Å². The van der Waals surface area contributed by atoms with Gasteiger partial charge in [-0.1, -0.05) is 11.3 Å². The van der Waals surface area contributed by atoms with E-state index in [0.717, 1.165) is 43.2 Å². The summed E-state index contributed by atoms with van der Waals surface area (Å²) in [5.74, 6) is -0.883. The molecule has 7 nitrogen and oxygen atoms in total. The summed E-state index contributed by atoms with van der Waals surface area (Å²) >= 11 is 0. The molecule has 164 valence electrons. The molecule has 2 aromatic heterocycles. The average molecular weight is 436 g/mol. The summed E-state index contributed by atoms with van der Waals surface area (Å²) in [4.78, 5) is 18.8. The third kappa shape index (κ3) is 4.98. The van der Waals surface area contributed by atoms with Gasteiger partial charge in [-0.2, -0.15) is 13.2 Å². The lowest BCUT2D eigenvalue weighted by Crippen LogP contribution is -2.27. The number of anilines is 1. The largest absolute Gasteiger partial charge is 0.435 e. The van der Waals surface area contributed by atoms with E-state index >= 15 is 0 Å². The number of nitrogens with zero attached hydrogens (tertiary/aromatic N) is 5. The fourth-order valence-electron chi connectivity index (χ4n) is 2.97. The standard InChI is InChI=1S/C20H20F4N6O/c1-3-29(4-2)16-10-5-13(11-25-16)12-26-19(31)17-18(20(22,23)24)30(28-27-17)15-8-6-14(21)7-9-15/h5-11H,3-4,12H2,1-2H3,(H,26,31). The molecule has 0 saturated heterocycles. The van der Waals surface area contributed by atoms with Crippen molar-refractivity contribution in [2.24, 2.45) is 0 Å². The zero-order chi connectivity index (χ0) is 22.6. The van der Waals surface area contributed by atoms with Gasteiger partial charge >= 0.3 is 6.18 Å². The number of alkyl halides is 3. The summed E-state index contributed by atoms with van der Waals surface area (Å²) < 4.78 is 54.5. The van der Waals surface area contributed by atoms with Crippen LogP contribution in [-0.4, -0.2) is 39.0 Å². The number of halogens is 4. The highest BCUT2D eigenvalue weighted by Crippen LogP contribution is 2.32. The maximum Gasteiger partial charge on any atom is 0.435 e. The molecule has 0 spiro atoms. The van der Waals surface area contributed by atoms with Crippen LogP contribution in [0.15, 0.2) is 42.6 Å². The topological polar surface area (TPSA) is 75.9 Å². The Morgan fingerprint density at radius 2 is 1.77 bits per heavy atom. The minimum absolute atomic E-state index is 0.0366. The van der Waals surface area contributed by atoms with Crippen molar-refractivity contribution in [3.05, 3.63) is 65.4 Å². The fourth-order valence-corrected chi connectivity index (χ4v) is 2.97. The monoisotopic (exact) mass is 436 g/mol. The van der Waals surface area contributed by atoms with Crippen LogP contribution >= 0.6 is 0 Å². The van der Waals surface area contributed by atoms with Crippen LogP contribution in [0.4, 0.5) is 23.4 Å². The Hall–Kier alpha value is -3.50. The van der Waals surface area contributed by atoms with Crippen LogP contribution in [0, 0.1) is 5.82 Å². The van der Waals surface area contributed by atoms with Crippen LogP contribution in [0.1, 0.15) is 35.6 Å². The molecule has 2 heterocycles. The molecule has 1 amide bonds. The van der Waals surface area contributed by atoms with Crippen molar-refractivity contribution in [1.29, 1.82) is 0 Å².